The molecule has 0 radical (unpaired) electrons. The van der Waals surface area contributed by atoms with E-state index in [1.54, 1.807) is 37.3 Å². The van der Waals surface area contributed by atoms with E-state index in [-0.39, 0.29) is 5.92 Å². The number of hydrogen-bond acceptors (Lipinski definition) is 1. The third-order valence-electron chi connectivity index (χ3n) is 1.62. The van der Waals surface area contributed by atoms with Crippen LogP contribution in [0.25, 0.3) is 0 Å². The van der Waals surface area contributed by atoms with Crippen molar-refractivity contribution in [2.75, 3.05) is 0 Å². The van der Waals surface area contributed by atoms with Gasteiger partial charge in [-0.25, -0.2) is 4.39 Å². The summed E-state index contributed by atoms with van der Waals surface area (Å²) in [7, 11) is 0. The van der Waals surface area contributed by atoms with Gasteiger partial charge in [-0.1, -0.05) is 43.9 Å². The van der Waals surface area contributed by atoms with Crippen LogP contribution < -0.4 is 0 Å². The maximum absolute atomic E-state index is 13.0. The van der Waals surface area contributed by atoms with Gasteiger partial charge in [0.25, 0.3) is 0 Å². The van der Waals surface area contributed by atoms with E-state index in [0.29, 0.717) is 0 Å². The molecule has 0 amide bonds. The van der Waals surface area contributed by atoms with Crippen LogP contribution in [0.15, 0.2) is 37.0 Å². The number of allylic oxidation sites excluding steroid dienone is 5. The number of rotatable bonds is 5. The van der Waals surface area contributed by atoms with Crippen LogP contribution in [0.4, 0.5) is 4.39 Å². The summed E-state index contributed by atoms with van der Waals surface area (Å²) in [4.78, 5) is 10.6. The van der Waals surface area contributed by atoms with Crippen LogP contribution in [0, 0.1) is 5.92 Å². The molecule has 0 rings (SSSR count). The minimum atomic E-state index is -1.40. The van der Waals surface area contributed by atoms with Crippen molar-refractivity contribution >= 4 is 5.78 Å². The topological polar surface area (TPSA) is 17.1 Å². The highest BCUT2D eigenvalue weighted by Gasteiger charge is 2.17. The van der Waals surface area contributed by atoms with Crippen molar-refractivity contribution in [3.63, 3.8) is 0 Å². The van der Waals surface area contributed by atoms with Crippen molar-refractivity contribution in [1.82, 2.24) is 0 Å². The molecule has 0 spiro atoms. The Hall–Kier alpha value is -1.18. The molecule has 0 aromatic rings. The van der Waals surface area contributed by atoms with Crippen molar-refractivity contribution in [3.8, 4) is 0 Å². The largest absolute Gasteiger partial charge is 0.297 e. The number of alkyl halides is 1. The molecule has 13 heavy (non-hydrogen) atoms. The molecule has 0 N–H and O–H groups in total. The summed E-state index contributed by atoms with van der Waals surface area (Å²) in [6.07, 6.45) is 7.09. The number of carbonyl (C=O) groups excluding carboxylic acids is 1. The highest BCUT2D eigenvalue weighted by molar-refractivity contribution is 5.80. The van der Waals surface area contributed by atoms with Crippen molar-refractivity contribution in [3.05, 3.63) is 37.0 Å². The molecule has 0 heterocycles. The molecule has 2 unspecified atom stereocenters. The average Bonchev–Trinajstić information content (AvgIpc) is 2.10. The van der Waals surface area contributed by atoms with E-state index in [1.165, 1.54) is 6.92 Å². The SMILES string of the molecule is C=C/C=C\C=C/C(C)C(F)C(C)=O. The first kappa shape index (κ1) is 11.8. The summed E-state index contributed by atoms with van der Waals surface area (Å²) in [5, 5.41) is 0. The fourth-order valence-corrected chi connectivity index (χ4v) is 0.850. The van der Waals surface area contributed by atoms with Gasteiger partial charge in [0.05, 0.1) is 0 Å². The van der Waals surface area contributed by atoms with E-state index in [0.717, 1.165) is 0 Å². The van der Waals surface area contributed by atoms with E-state index in [2.05, 4.69) is 6.58 Å². The molecule has 0 aromatic heterocycles. The van der Waals surface area contributed by atoms with E-state index in [4.69, 9.17) is 0 Å². The lowest BCUT2D eigenvalue weighted by molar-refractivity contribution is -0.122. The highest BCUT2D eigenvalue weighted by Crippen LogP contribution is 2.09. The summed E-state index contributed by atoms with van der Waals surface area (Å²) < 4.78 is 13.0. The van der Waals surface area contributed by atoms with Crippen LogP contribution in [-0.2, 0) is 4.79 Å². The van der Waals surface area contributed by atoms with Crippen molar-refractivity contribution < 1.29 is 9.18 Å². The quantitative estimate of drug-likeness (QED) is 0.597. The third kappa shape index (κ3) is 5.12. The zero-order valence-corrected chi connectivity index (χ0v) is 8.03. The van der Waals surface area contributed by atoms with E-state index in [1.807, 2.05) is 0 Å². The Morgan fingerprint density at radius 3 is 2.46 bits per heavy atom. The average molecular weight is 182 g/mol. The zero-order chi connectivity index (χ0) is 10.3. The van der Waals surface area contributed by atoms with Gasteiger partial charge in [0, 0.05) is 5.92 Å². The molecule has 0 aliphatic carbocycles. The van der Waals surface area contributed by atoms with Crippen molar-refractivity contribution in [2.24, 2.45) is 5.92 Å². The molecule has 0 bridgehead atoms. The third-order valence-corrected chi connectivity index (χ3v) is 1.62. The second-order valence-corrected chi connectivity index (χ2v) is 2.88. The lowest BCUT2D eigenvalue weighted by Gasteiger charge is -2.07. The summed E-state index contributed by atoms with van der Waals surface area (Å²) in [6.45, 7) is 6.42. The first-order valence-electron chi connectivity index (χ1n) is 4.20. The lowest BCUT2D eigenvalue weighted by atomic mass is 10.0. The Morgan fingerprint density at radius 1 is 1.38 bits per heavy atom. The second-order valence-electron chi connectivity index (χ2n) is 2.88. The van der Waals surface area contributed by atoms with Gasteiger partial charge in [0.1, 0.15) is 0 Å². The molecule has 0 fully saturated rings. The van der Waals surface area contributed by atoms with Crippen LogP contribution in [0.3, 0.4) is 0 Å². The minimum Gasteiger partial charge on any atom is -0.297 e. The van der Waals surface area contributed by atoms with Gasteiger partial charge in [-0.15, -0.1) is 0 Å². The van der Waals surface area contributed by atoms with E-state index >= 15 is 0 Å². The van der Waals surface area contributed by atoms with Crippen LogP contribution >= 0.6 is 0 Å². The van der Waals surface area contributed by atoms with Gasteiger partial charge >= 0.3 is 0 Å². The Morgan fingerprint density at radius 2 is 2.00 bits per heavy atom. The standard InChI is InChI=1S/C11H15FO/c1-4-5-6-7-8-9(2)11(12)10(3)13/h4-9,11H,1H2,2-3H3/b6-5-,8-7-. The number of ketones is 1. The summed E-state index contributed by atoms with van der Waals surface area (Å²) in [5.41, 5.74) is 0. The monoisotopic (exact) mass is 182 g/mol. The van der Waals surface area contributed by atoms with Crippen molar-refractivity contribution in [1.29, 1.82) is 0 Å². The maximum atomic E-state index is 13.0. The van der Waals surface area contributed by atoms with Gasteiger partial charge in [-0.2, -0.15) is 0 Å². The second kappa shape index (κ2) is 6.35. The van der Waals surface area contributed by atoms with Gasteiger partial charge in [-0.3, -0.25) is 4.79 Å². The first-order chi connectivity index (χ1) is 6.09. The van der Waals surface area contributed by atoms with E-state index < -0.39 is 12.0 Å². The molecule has 0 aromatic carbocycles. The number of Topliss-reactive ketones (excluding diaryl/α,β-unsaturated/α-hetero) is 1. The van der Waals surface area contributed by atoms with Crippen LogP contribution in [0.2, 0.25) is 0 Å². The normalized spacial score (nSPS) is 16.2. The Bertz CT molecular complexity index is 228. The molecule has 1 nitrogen and oxygen atoms in total. The highest BCUT2D eigenvalue weighted by atomic mass is 19.1. The molecule has 0 aliphatic rings. The predicted octanol–water partition coefficient (Wildman–Crippen LogP) is 2.85. The fraction of sp³-hybridized carbons (Fsp3) is 0.364. The van der Waals surface area contributed by atoms with Gasteiger partial charge < -0.3 is 0 Å². The predicted molar refractivity (Wildman–Crippen MR) is 53.2 cm³/mol. The van der Waals surface area contributed by atoms with Crippen LogP contribution in [0.1, 0.15) is 13.8 Å². The fourth-order valence-electron chi connectivity index (χ4n) is 0.850. The van der Waals surface area contributed by atoms with Crippen LogP contribution in [-0.4, -0.2) is 12.0 Å². The maximum Gasteiger partial charge on any atom is 0.164 e. The molecule has 72 valence electrons. The zero-order valence-electron chi connectivity index (χ0n) is 8.03. The minimum absolute atomic E-state index is 0.369. The molecular formula is C11H15FO. The van der Waals surface area contributed by atoms with Gasteiger partial charge in [0.2, 0.25) is 0 Å². The number of carbonyl (C=O) groups is 1. The Labute approximate surface area is 78.6 Å². The van der Waals surface area contributed by atoms with E-state index in [9.17, 15) is 9.18 Å². The van der Waals surface area contributed by atoms with Gasteiger partial charge in [0.15, 0.2) is 12.0 Å². The Balaban J connectivity index is 4.05. The van der Waals surface area contributed by atoms with Crippen LogP contribution in [0.5, 0.6) is 0 Å². The molecular weight excluding hydrogens is 167 g/mol. The van der Waals surface area contributed by atoms with Gasteiger partial charge in [-0.05, 0) is 6.92 Å². The molecule has 2 atom stereocenters. The molecule has 0 saturated heterocycles. The first-order valence-corrected chi connectivity index (χ1v) is 4.20. The smallest absolute Gasteiger partial charge is 0.164 e. The summed E-state index contributed by atoms with van der Waals surface area (Å²) in [6, 6.07) is 0. The summed E-state index contributed by atoms with van der Waals surface area (Å²) >= 11 is 0. The Kier molecular flexibility index (Phi) is 5.77. The molecule has 0 saturated carbocycles. The molecule has 0 aliphatic heterocycles. The number of halogens is 1. The lowest BCUT2D eigenvalue weighted by Crippen LogP contribution is -2.18. The van der Waals surface area contributed by atoms with Crippen molar-refractivity contribution in [2.45, 2.75) is 20.0 Å². The summed E-state index contributed by atoms with van der Waals surface area (Å²) in [5.74, 6) is -0.795. The molecule has 2 heteroatoms. The number of hydrogen-bond donors (Lipinski definition) is 0.